The molecule has 8 heteroatoms. The summed E-state index contributed by atoms with van der Waals surface area (Å²) < 4.78 is 31.1. The van der Waals surface area contributed by atoms with Crippen molar-refractivity contribution in [3.63, 3.8) is 0 Å². The maximum atomic E-state index is 11.8. The maximum absolute atomic E-state index is 11.8. The van der Waals surface area contributed by atoms with Crippen LogP contribution in [0, 0.1) is 5.92 Å². The SMILES string of the molecule is CCOC(=O)NS(=O)(=O)N1CCC(C)C(Cl)C1. The van der Waals surface area contributed by atoms with Crippen LogP contribution >= 0.6 is 11.6 Å². The van der Waals surface area contributed by atoms with Crippen LogP contribution in [0.25, 0.3) is 0 Å². The van der Waals surface area contributed by atoms with Gasteiger partial charge in [0.1, 0.15) is 0 Å². The van der Waals surface area contributed by atoms with Crippen LogP contribution in [0.4, 0.5) is 4.79 Å². The van der Waals surface area contributed by atoms with E-state index in [0.29, 0.717) is 13.0 Å². The zero-order valence-electron chi connectivity index (χ0n) is 9.85. The number of nitrogens with one attached hydrogen (secondary N) is 1. The fourth-order valence-electron chi connectivity index (χ4n) is 1.54. The van der Waals surface area contributed by atoms with E-state index >= 15 is 0 Å². The van der Waals surface area contributed by atoms with Crippen LogP contribution in [0.3, 0.4) is 0 Å². The number of ether oxygens (including phenoxy) is 1. The summed E-state index contributed by atoms with van der Waals surface area (Å²) in [7, 11) is -3.84. The van der Waals surface area contributed by atoms with E-state index in [1.807, 2.05) is 11.6 Å². The van der Waals surface area contributed by atoms with Crippen molar-refractivity contribution in [2.24, 2.45) is 5.92 Å². The van der Waals surface area contributed by atoms with Gasteiger partial charge >= 0.3 is 16.3 Å². The van der Waals surface area contributed by atoms with Crippen molar-refractivity contribution in [2.45, 2.75) is 25.6 Å². The first-order valence-electron chi connectivity index (χ1n) is 5.45. The van der Waals surface area contributed by atoms with E-state index in [-0.39, 0.29) is 24.4 Å². The Balaban J connectivity index is 2.62. The second kappa shape index (κ2) is 5.88. The third-order valence-corrected chi connectivity index (χ3v) is 4.66. The van der Waals surface area contributed by atoms with Crippen molar-refractivity contribution in [2.75, 3.05) is 19.7 Å². The number of halogens is 1. The summed E-state index contributed by atoms with van der Waals surface area (Å²) in [5.41, 5.74) is 0. The number of alkyl halides is 1. The molecule has 1 aliphatic heterocycles. The largest absolute Gasteiger partial charge is 0.449 e. The summed E-state index contributed by atoms with van der Waals surface area (Å²) in [6, 6.07) is 0. The average molecular weight is 285 g/mol. The number of carbonyl (C=O) groups excluding carboxylic acids is 1. The van der Waals surface area contributed by atoms with Gasteiger partial charge in [0.2, 0.25) is 0 Å². The number of hydrogen-bond acceptors (Lipinski definition) is 4. The Bertz CT molecular complexity index is 373. The summed E-state index contributed by atoms with van der Waals surface area (Å²) in [6.45, 7) is 4.26. The molecule has 1 heterocycles. The zero-order valence-corrected chi connectivity index (χ0v) is 11.4. The summed E-state index contributed by atoms with van der Waals surface area (Å²) in [5, 5.41) is -0.234. The Kier molecular flexibility index (Phi) is 5.03. The number of rotatable bonds is 3. The molecular formula is C9H17ClN2O4S. The molecule has 1 N–H and O–H groups in total. The van der Waals surface area contributed by atoms with Crippen molar-refractivity contribution in [1.82, 2.24) is 9.03 Å². The smallest absolute Gasteiger partial charge is 0.421 e. The average Bonchev–Trinajstić information content (AvgIpc) is 2.21. The fourth-order valence-corrected chi connectivity index (χ4v) is 3.02. The highest BCUT2D eigenvalue weighted by molar-refractivity contribution is 7.87. The Morgan fingerprint density at radius 2 is 2.24 bits per heavy atom. The van der Waals surface area contributed by atoms with Gasteiger partial charge in [-0.3, -0.25) is 0 Å². The minimum absolute atomic E-state index is 0.122. The third-order valence-electron chi connectivity index (χ3n) is 2.66. The normalized spacial score (nSPS) is 26.5. The molecule has 0 aromatic carbocycles. The molecule has 0 aromatic heterocycles. The van der Waals surface area contributed by atoms with E-state index < -0.39 is 16.3 Å². The highest BCUT2D eigenvalue weighted by atomic mass is 35.5. The van der Waals surface area contributed by atoms with E-state index in [2.05, 4.69) is 4.74 Å². The molecule has 0 spiro atoms. The monoisotopic (exact) mass is 284 g/mol. The molecule has 0 bridgehead atoms. The highest BCUT2D eigenvalue weighted by Crippen LogP contribution is 2.23. The Hall–Kier alpha value is -0.530. The Labute approximate surface area is 106 Å². The number of hydrogen-bond donors (Lipinski definition) is 1. The topological polar surface area (TPSA) is 75.7 Å². The van der Waals surface area contributed by atoms with Gasteiger partial charge in [-0.2, -0.15) is 12.7 Å². The van der Waals surface area contributed by atoms with Crippen molar-refractivity contribution >= 4 is 27.9 Å². The van der Waals surface area contributed by atoms with Crippen LogP contribution < -0.4 is 4.72 Å². The molecule has 17 heavy (non-hydrogen) atoms. The van der Waals surface area contributed by atoms with Gasteiger partial charge in [-0.25, -0.2) is 9.52 Å². The van der Waals surface area contributed by atoms with E-state index in [1.54, 1.807) is 6.92 Å². The lowest BCUT2D eigenvalue weighted by atomic mass is 10.0. The molecule has 100 valence electrons. The Morgan fingerprint density at radius 3 is 2.76 bits per heavy atom. The molecule has 1 fully saturated rings. The van der Waals surface area contributed by atoms with E-state index in [9.17, 15) is 13.2 Å². The van der Waals surface area contributed by atoms with E-state index in [4.69, 9.17) is 11.6 Å². The first kappa shape index (κ1) is 14.5. The minimum Gasteiger partial charge on any atom is -0.449 e. The molecule has 1 amide bonds. The Morgan fingerprint density at radius 1 is 1.59 bits per heavy atom. The van der Waals surface area contributed by atoms with Gasteiger partial charge in [0.05, 0.1) is 12.0 Å². The molecule has 0 radical (unpaired) electrons. The molecule has 2 unspecified atom stereocenters. The van der Waals surface area contributed by atoms with Gasteiger partial charge in [0, 0.05) is 13.1 Å². The summed E-state index contributed by atoms with van der Waals surface area (Å²) in [5.74, 6) is 0.269. The van der Waals surface area contributed by atoms with Gasteiger partial charge in [-0.05, 0) is 19.3 Å². The fraction of sp³-hybridized carbons (Fsp3) is 0.889. The number of piperidine rings is 1. The predicted molar refractivity (Wildman–Crippen MR) is 64.1 cm³/mol. The molecule has 1 saturated heterocycles. The highest BCUT2D eigenvalue weighted by Gasteiger charge is 2.32. The summed E-state index contributed by atoms with van der Waals surface area (Å²) in [4.78, 5) is 11.1. The van der Waals surface area contributed by atoms with Crippen molar-refractivity contribution in [3.05, 3.63) is 0 Å². The molecule has 0 aliphatic carbocycles. The molecule has 1 rings (SSSR count). The first-order chi connectivity index (χ1) is 7.86. The molecule has 0 aromatic rings. The van der Waals surface area contributed by atoms with Crippen LogP contribution in [0.5, 0.6) is 0 Å². The molecule has 2 atom stereocenters. The van der Waals surface area contributed by atoms with Gasteiger partial charge in [0.15, 0.2) is 0 Å². The van der Waals surface area contributed by atoms with Gasteiger partial charge in [-0.1, -0.05) is 6.92 Å². The van der Waals surface area contributed by atoms with E-state index in [1.165, 1.54) is 4.31 Å². The lowest BCUT2D eigenvalue weighted by Gasteiger charge is -2.32. The van der Waals surface area contributed by atoms with Gasteiger partial charge in [-0.15, -0.1) is 11.6 Å². The van der Waals surface area contributed by atoms with Crippen LogP contribution in [-0.4, -0.2) is 43.9 Å². The lowest BCUT2D eigenvalue weighted by Crippen LogP contribution is -2.50. The quantitative estimate of drug-likeness (QED) is 0.782. The van der Waals surface area contributed by atoms with Crippen LogP contribution in [0.15, 0.2) is 0 Å². The number of carbonyl (C=O) groups is 1. The van der Waals surface area contributed by atoms with Crippen LogP contribution in [0.1, 0.15) is 20.3 Å². The molecule has 6 nitrogen and oxygen atoms in total. The van der Waals surface area contributed by atoms with Gasteiger partial charge < -0.3 is 4.74 Å². The van der Waals surface area contributed by atoms with Crippen molar-refractivity contribution in [1.29, 1.82) is 0 Å². The number of amides is 1. The first-order valence-corrected chi connectivity index (χ1v) is 7.33. The lowest BCUT2D eigenvalue weighted by molar-refractivity contribution is 0.157. The van der Waals surface area contributed by atoms with Gasteiger partial charge in [0.25, 0.3) is 0 Å². The maximum Gasteiger partial charge on any atom is 0.421 e. The van der Waals surface area contributed by atoms with Crippen molar-refractivity contribution in [3.8, 4) is 0 Å². The number of nitrogens with zero attached hydrogens (tertiary/aromatic N) is 1. The molecule has 0 saturated carbocycles. The van der Waals surface area contributed by atoms with Crippen LogP contribution in [0.2, 0.25) is 0 Å². The van der Waals surface area contributed by atoms with E-state index in [0.717, 1.165) is 0 Å². The van der Waals surface area contributed by atoms with Crippen molar-refractivity contribution < 1.29 is 17.9 Å². The molecular weight excluding hydrogens is 268 g/mol. The minimum atomic E-state index is -3.84. The second-order valence-corrected chi connectivity index (χ2v) is 6.20. The standard InChI is InChI=1S/C9H17ClN2O4S/c1-3-16-9(13)11-17(14,15)12-5-4-7(2)8(10)6-12/h7-8H,3-6H2,1-2H3,(H,11,13). The second-order valence-electron chi connectivity index (χ2n) is 3.97. The third kappa shape index (κ3) is 4.01. The summed E-state index contributed by atoms with van der Waals surface area (Å²) in [6.07, 6.45) is -0.282. The zero-order chi connectivity index (χ0) is 13.1. The predicted octanol–water partition coefficient (Wildman–Crippen LogP) is 0.926. The van der Waals surface area contributed by atoms with Crippen LogP contribution in [-0.2, 0) is 14.9 Å². The molecule has 1 aliphatic rings. The summed E-state index contributed by atoms with van der Waals surface area (Å²) >= 11 is 6.02.